The van der Waals surface area contributed by atoms with Crippen molar-refractivity contribution in [1.29, 1.82) is 0 Å². The Morgan fingerprint density at radius 2 is 2.06 bits per heavy atom. The summed E-state index contributed by atoms with van der Waals surface area (Å²) in [4.78, 5) is 11.5. The Balaban J connectivity index is 0.00000225. The van der Waals surface area contributed by atoms with Crippen LogP contribution in [0.1, 0.15) is 6.92 Å². The lowest BCUT2D eigenvalue weighted by molar-refractivity contribution is -0.119. The normalized spacial score (nSPS) is 11.4. The van der Waals surface area contributed by atoms with Gasteiger partial charge in [-0.25, -0.2) is 4.39 Å². The van der Waals surface area contributed by atoms with Crippen molar-refractivity contribution in [3.05, 3.63) is 30.1 Å². The van der Waals surface area contributed by atoms with Gasteiger partial charge in [-0.15, -0.1) is 12.4 Å². The predicted molar refractivity (Wildman–Crippen MR) is 65.4 cm³/mol. The van der Waals surface area contributed by atoms with Crippen LogP contribution in [0.3, 0.4) is 0 Å². The molecule has 1 rings (SSSR count). The van der Waals surface area contributed by atoms with E-state index in [2.05, 4.69) is 10.6 Å². The minimum Gasteiger partial charge on any atom is -0.323 e. The number of halogens is 2. The first-order chi connectivity index (χ1) is 7.15. The van der Waals surface area contributed by atoms with Gasteiger partial charge in [0.2, 0.25) is 5.91 Å². The van der Waals surface area contributed by atoms with Crippen molar-refractivity contribution in [1.82, 2.24) is 5.32 Å². The van der Waals surface area contributed by atoms with Gasteiger partial charge in [0, 0.05) is 12.5 Å². The maximum atomic E-state index is 13.2. The monoisotopic (exact) mass is 246 g/mol. The number of amides is 1. The second-order valence-electron chi connectivity index (χ2n) is 3.43. The molecule has 1 unspecified atom stereocenters. The Morgan fingerprint density at radius 3 is 2.62 bits per heavy atom. The van der Waals surface area contributed by atoms with E-state index in [0.717, 1.165) is 0 Å². The number of nitrogens with one attached hydrogen (secondary N) is 2. The van der Waals surface area contributed by atoms with Crippen molar-refractivity contribution in [2.75, 3.05) is 18.9 Å². The van der Waals surface area contributed by atoms with Gasteiger partial charge in [-0.05, 0) is 19.2 Å². The van der Waals surface area contributed by atoms with Crippen molar-refractivity contribution >= 4 is 24.0 Å². The highest BCUT2D eigenvalue weighted by Gasteiger charge is 2.13. The first kappa shape index (κ1) is 14.9. The van der Waals surface area contributed by atoms with E-state index in [1.54, 1.807) is 32.2 Å². The van der Waals surface area contributed by atoms with Crippen molar-refractivity contribution in [2.45, 2.75) is 6.92 Å². The zero-order valence-electron chi connectivity index (χ0n) is 9.29. The van der Waals surface area contributed by atoms with E-state index in [4.69, 9.17) is 0 Å². The number of anilines is 1. The lowest BCUT2D eigenvalue weighted by Crippen LogP contribution is -2.28. The molecule has 16 heavy (non-hydrogen) atoms. The minimum atomic E-state index is -0.414. The molecule has 0 aliphatic rings. The van der Waals surface area contributed by atoms with Crippen LogP contribution in [0.2, 0.25) is 0 Å². The maximum Gasteiger partial charge on any atom is 0.228 e. The lowest BCUT2D eigenvalue weighted by Gasteiger charge is -2.11. The molecule has 1 atom stereocenters. The fourth-order valence-electron chi connectivity index (χ4n) is 1.22. The summed E-state index contributed by atoms with van der Waals surface area (Å²) in [6.45, 7) is 2.35. The third-order valence-electron chi connectivity index (χ3n) is 2.09. The van der Waals surface area contributed by atoms with Crippen molar-refractivity contribution < 1.29 is 9.18 Å². The highest BCUT2D eigenvalue weighted by molar-refractivity contribution is 5.92. The van der Waals surface area contributed by atoms with Crippen LogP contribution in [0.5, 0.6) is 0 Å². The zero-order chi connectivity index (χ0) is 11.3. The quantitative estimate of drug-likeness (QED) is 0.854. The third kappa shape index (κ3) is 4.16. The van der Waals surface area contributed by atoms with Gasteiger partial charge in [-0.1, -0.05) is 19.1 Å². The summed E-state index contributed by atoms with van der Waals surface area (Å²) in [5, 5.41) is 5.44. The van der Waals surface area contributed by atoms with E-state index in [1.165, 1.54) is 6.07 Å². The summed E-state index contributed by atoms with van der Waals surface area (Å²) in [6.07, 6.45) is 0. The molecule has 0 spiro atoms. The molecular weight excluding hydrogens is 231 g/mol. The summed E-state index contributed by atoms with van der Waals surface area (Å²) in [5.74, 6) is -0.786. The second kappa shape index (κ2) is 7.19. The molecule has 0 fully saturated rings. The molecule has 0 aliphatic heterocycles. The number of carbonyl (C=O) groups is 1. The molecule has 0 bridgehead atoms. The summed E-state index contributed by atoms with van der Waals surface area (Å²) >= 11 is 0. The summed E-state index contributed by atoms with van der Waals surface area (Å²) < 4.78 is 13.2. The average molecular weight is 247 g/mol. The molecular formula is C11H16ClFN2O. The SMILES string of the molecule is CNCC(C)C(=O)Nc1ccccc1F.Cl. The average Bonchev–Trinajstić information content (AvgIpc) is 2.21. The molecule has 0 saturated heterocycles. The van der Waals surface area contributed by atoms with Crippen molar-refractivity contribution in [2.24, 2.45) is 5.92 Å². The Hall–Kier alpha value is -1.13. The Labute approximate surface area is 101 Å². The molecule has 2 N–H and O–H groups in total. The molecule has 0 aromatic heterocycles. The first-order valence-electron chi connectivity index (χ1n) is 4.85. The van der Waals surface area contributed by atoms with Crippen LogP contribution >= 0.6 is 12.4 Å². The Morgan fingerprint density at radius 1 is 1.44 bits per heavy atom. The predicted octanol–water partition coefficient (Wildman–Crippen LogP) is 2.04. The molecule has 0 heterocycles. The van der Waals surface area contributed by atoms with Gasteiger partial charge in [0.15, 0.2) is 0 Å². The largest absolute Gasteiger partial charge is 0.323 e. The standard InChI is InChI=1S/C11H15FN2O.ClH/c1-8(7-13-2)11(15)14-10-6-4-3-5-9(10)12;/h3-6,8,13H,7H2,1-2H3,(H,14,15);1H. The fraction of sp³-hybridized carbons (Fsp3) is 0.364. The molecule has 1 aromatic carbocycles. The van der Waals surface area contributed by atoms with E-state index in [1.807, 2.05) is 0 Å². The summed E-state index contributed by atoms with van der Waals surface area (Å²) in [6, 6.07) is 6.13. The number of hydrogen-bond donors (Lipinski definition) is 2. The lowest BCUT2D eigenvalue weighted by atomic mass is 10.1. The Kier molecular flexibility index (Phi) is 6.69. The van der Waals surface area contributed by atoms with Crippen LogP contribution in [0.15, 0.2) is 24.3 Å². The zero-order valence-corrected chi connectivity index (χ0v) is 10.1. The van der Waals surface area contributed by atoms with Gasteiger partial charge in [0.05, 0.1) is 5.69 Å². The van der Waals surface area contributed by atoms with Crippen molar-refractivity contribution in [3.8, 4) is 0 Å². The maximum absolute atomic E-state index is 13.2. The molecule has 1 aromatic rings. The highest BCUT2D eigenvalue weighted by Crippen LogP contribution is 2.13. The minimum absolute atomic E-state index is 0. The van der Waals surface area contributed by atoms with Crippen LogP contribution in [0, 0.1) is 11.7 Å². The molecule has 5 heteroatoms. The van der Waals surface area contributed by atoms with Crippen LogP contribution in [0.25, 0.3) is 0 Å². The molecule has 1 amide bonds. The van der Waals surface area contributed by atoms with E-state index >= 15 is 0 Å². The number of hydrogen-bond acceptors (Lipinski definition) is 2. The number of para-hydroxylation sites is 1. The second-order valence-corrected chi connectivity index (χ2v) is 3.43. The van der Waals surface area contributed by atoms with Gasteiger partial charge in [0.25, 0.3) is 0 Å². The molecule has 0 aliphatic carbocycles. The van der Waals surface area contributed by atoms with Gasteiger partial charge < -0.3 is 10.6 Å². The number of benzene rings is 1. The first-order valence-corrected chi connectivity index (χ1v) is 4.85. The smallest absolute Gasteiger partial charge is 0.228 e. The molecule has 90 valence electrons. The van der Waals surface area contributed by atoms with Crippen LogP contribution < -0.4 is 10.6 Å². The topological polar surface area (TPSA) is 41.1 Å². The van der Waals surface area contributed by atoms with Gasteiger partial charge in [-0.2, -0.15) is 0 Å². The molecule has 0 saturated carbocycles. The highest BCUT2D eigenvalue weighted by atomic mass is 35.5. The van der Waals surface area contributed by atoms with Gasteiger partial charge in [-0.3, -0.25) is 4.79 Å². The van der Waals surface area contributed by atoms with E-state index in [9.17, 15) is 9.18 Å². The van der Waals surface area contributed by atoms with E-state index in [0.29, 0.717) is 6.54 Å². The number of carbonyl (C=O) groups excluding carboxylic acids is 1. The summed E-state index contributed by atoms with van der Waals surface area (Å²) in [7, 11) is 1.77. The van der Waals surface area contributed by atoms with Gasteiger partial charge >= 0.3 is 0 Å². The summed E-state index contributed by atoms with van der Waals surface area (Å²) in [5.41, 5.74) is 0.227. The Bertz CT molecular complexity index is 347. The van der Waals surface area contributed by atoms with Crippen LogP contribution in [0.4, 0.5) is 10.1 Å². The number of rotatable bonds is 4. The third-order valence-corrected chi connectivity index (χ3v) is 2.09. The van der Waals surface area contributed by atoms with E-state index in [-0.39, 0.29) is 29.9 Å². The van der Waals surface area contributed by atoms with Gasteiger partial charge in [0.1, 0.15) is 5.82 Å². The van der Waals surface area contributed by atoms with Crippen LogP contribution in [-0.2, 0) is 4.79 Å². The van der Waals surface area contributed by atoms with Crippen molar-refractivity contribution in [3.63, 3.8) is 0 Å². The fourth-order valence-corrected chi connectivity index (χ4v) is 1.22. The van der Waals surface area contributed by atoms with Crippen LogP contribution in [-0.4, -0.2) is 19.5 Å². The van der Waals surface area contributed by atoms with E-state index < -0.39 is 5.82 Å². The molecule has 3 nitrogen and oxygen atoms in total. The molecule has 0 radical (unpaired) electrons.